The van der Waals surface area contributed by atoms with Gasteiger partial charge in [0, 0.05) is 5.56 Å². The molecule has 0 aliphatic heterocycles. The second kappa shape index (κ2) is 7.78. The van der Waals surface area contributed by atoms with Crippen molar-refractivity contribution in [2.75, 3.05) is 0 Å². The Balaban J connectivity index is 1.99. The van der Waals surface area contributed by atoms with E-state index < -0.39 is 0 Å². The summed E-state index contributed by atoms with van der Waals surface area (Å²) in [4.78, 5) is 11.9. The molecule has 0 bridgehead atoms. The average Bonchev–Trinajstić information content (AvgIpc) is 2.50. The first kappa shape index (κ1) is 17.0. The van der Waals surface area contributed by atoms with Gasteiger partial charge in [-0.2, -0.15) is 5.10 Å². The molecule has 2 rings (SSSR count). The van der Waals surface area contributed by atoms with Crippen molar-refractivity contribution in [1.29, 1.82) is 0 Å². The molecule has 23 heavy (non-hydrogen) atoms. The first-order valence-corrected chi connectivity index (χ1v) is 7.83. The van der Waals surface area contributed by atoms with Crippen LogP contribution in [0.15, 0.2) is 52.0 Å². The molecule has 120 valence electrons. The van der Waals surface area contributed by atoms with Gasteiger partial charge in [-0.15, -0.1) is 0 Å². The second-order valence-corrected chi connectivity index (χ2v) is 5.96. The largest absolute Gasteiger partial charge is 0.508 e. The van der Waals surface area contributed by atoms with Crippen molar-refractivity contribution in [3.8, 4) is 11.5 Å². The molecule has 0 aliphatic carbocycles. The third kappa shape index (κ3) is 5.10. The van der Waals surface area contributed by atoms with Crippen LogP contribution in [0.2, 0.25) is 0 Å². The normalized spacial score (nSPS) is 11.0. The van der Waals surface area contributed by atoms with Gasteiger partial charge in [0.2, 0.25) is 0 Å². The summed E-state index contributed by atoms with van der Waals surface area (Å²) in [5.74, 6) is 0.518. The van der Waals surface area contributed by atoms with Crippen LogP contribution in [0.4, 0.5) is 0 Å². The van der Waals surface area contributed by atoms with Gasteiger partial charge in [-0.05, 0) is 77.8 Å². The lowest BCUT2D eigenvalue weighted by Crippen LogP contribution is -2.17. The molecule has 2 aromatic rings. The third-order valence-electron chi connectivity index (χ3n) is 2.83. The summed E-state index contributed by atoms with van der Waals surface area (Å²) in [7, 11) is 0. The first-order valence-electron chi connectivity index (χ1n) is 7.04. The molecule has 0 spiro atoms. The quantitative estimate of drug-likeness (QED) is 0.617. The van der Waals surface area contributed by atoms with E-state index in [4.69, 9.17) is 4.74 Å². The molecule has 1 amide bonds. The monoisotopic (exact) mass is 376 g/mol. The van der Waals surface area contributed by atoms with Crippen molar-refractivity contribution in [1.82, 2.24) is 5.43 Å². The Kier molecular flexibility index (Phi) is 5.76. The minimum absolute atomic E-state index is 0.0930. The summed E-state index contributed by atoms with van der Waals surface area (Å²) in [5, 5.41) is 13.1. The van der Waals surface area contributed by atoms with E-state index in [2.05, 4.69) is 26.5 Å². The van der Waals surface area contributed by atoms with Crippen LogP contribution in [-0.4, -0.2) is 23.3 Å². The van der Waals surface area contributed by atoms with Crippen LogP contribution >= 0.6 is 15.9 Å². The van der Waals surface area contributed by atoms with Crippen LogP contribution in [0.5, 0.6) is 11.5 Å². The Hall–Kier alpha value is -2.34. The Bertz CT molecular complexity index is 712. The smallest absolute Gasteiger partial charge is 0.271 e. The van der Waals surface area contributed by atoms with Gasteiger partial charge < -0.3 is 9.84 Å². The molecule has 0 atom stereocenters. The molecule has 0 aliphatic rings. The van der Waals surface area contributed by atoms with Crippen molar-refractivity contribution >= 4 is 28.1 Å². The minimum Gasteiger partial charge on any atom is -0.508 e. The third-order valence-corrected chi connectivity index (χ3v) is 3.45. The maximum Gasteiger partial charge on any atom is 0.271 e. The zero-order valence-corrected chi connectivity index (χ0v) is 14.4. The van der Waals surface area contributed by atoms with E-state index in [1.165, 1.54) is 24.3 Å². The Morgan fingerprint density at radius 1 is 1.26 bits per heavy atom. The van der Waals surface area contributed by atoms with E-state index in [0.29, 0.717) is 5.56 Å². The number of benzene rings is 2. The number of phenolic OH excluding ortho intramolecular Hbond substituents is 1. The van der Waals surface area contributed by atoms with Gasteiger partial charge in [0.1, 0.15) is 11.5 Å². The van der Waals surface area contributed by atoms with Crippen LogP contribution in [0.1, 0.15) is 29.8 Å². The minimum atomic E-state index is -0.347. The summed E-state index contributed by atoms with van der Waals surface area (Å²) in [5.41, 5.74) is 3.67. The van der Waals surface area contributed by atoms with E-state index in [9.17, 15) is 9.90 Å². The number of phenols is 1. The van der Waals surface area contributed by atoms with Gasteiger partial charge in [-0.25, -0.2) is 5.43 Å². The topological polar surface area (TPSA) is 70.9 Å². The lowest BCUT2D eigenvalue weighted by molar-refractivity contribution is 0.0955. The van der Waals surface area contributed by atoms with Gasteiger partial charge in [-0.3, -0.25) is 4.79 Å². The number of nitrogens with one attached hydrogen (secondary N) is 1. The van der Waals surface area contributed by atoms with Gasteiger partial charge in [0.15, 0.2) is 0 Å². The van der Waals surface area contributed by atoms with Crippen LogP contribution in [0.3, 0.4) is 0 Å². The zero-order valence-electron chi connectivity index (χ0n) is 12.8. The number of rotatable bonds is 5. The highest BCUT2D eigenvalue weighted by Crippen LogP contribution is 2.26. The van der Waals surface area contributed by atoms with Crippen molar-refractivity contribution in [2.24, 2.45) is 5.10 Å². The first-order chi connectivity index (χ1) is 11.0. The highest BCUT2D eigenvalue weighted by Gasteiger charge is 2.05. The van der Waals surface area contributed by atoms with E-state index in [1.807, 2.05) is 32.0 Å². The Morgan fingerprint density at radius 3 is 2.57 bits per heavy atom. The standard InChI is InChI=1S/C17H17BrN2O3/c1-11(2)23-16-8-3-12(9-15(16)18)10-19-20-17(22)13-4-6-14(21)7-5-13/h3-11,21H,1-2H3,(H,20,22)/b19-10-. The molecule has 0 unspecified atom stereocenters. The van der Waals surface area contributed by atoms with E-state index >= 15 is 0 Å². The maximum atomic E-state index is 11.9. The molecule has 2 N–H and O–H groups in total. The fourth-order valence-corrected chi connectivity index (χ4v) is 2.28. The molecule has 0 aromatic heterocycles. The van der Waals surface area contributed by atoms with E-state index in [1.54, 1.807) is 6.21 Å². The van der Waals surface area contributed by atoms with Gasteiger partial charge in [-0.1, -0.05) is 0 Å². The Morgan fingerprint density at radius 2 is 1.96 bits per heavy atom. The summed E-state index contributed by atoms with van der Waals surface area (Å²) in [6.07, 6.45) is 1.64. The lowest BCUT2D eigenvalue weighted by Gasteiger charge is -2.11. The van der Waals surface area contributed by atoms with Crippen LogP contribution in [-0.2, 0) is 0 Å². The van der Waals surface area contributed by atoms with Crippen molar-refractivity contribution < 1.29 is 14.6 Å². The predicted molar refractivity (Wildman–Crippen MR) is 93.1 cm³/mol. The van der Waals surface area contributed by atoms with Crippen LogP contribution in [0.25, 0.3) is 0 Å². The van der Waals surface area contributed by atoms with Crippen molar-refractivity contribution in [3.63, 3.8) is 0 Å². The molecule has 0 heterocycles. The van der Waals surface area contributed by atoms with Crippen LogP contribution in [0, 0.1) is 0 Å². The van der Waals surface area contributed by atoms with Crippen LogP contribution < -0.4 is 10.2 Å². The lowest BCUT2D eigenvalue weighted by atomic mass is 10.2. The van der Waals surface area contributed by atoms with Crippen molar-refractivity contribution in [3.05, 3.63) is 58.1 Å². The number of halogens is 1. The summed E-state index contributed by atoms with van der Waals surface area (Å²) < 4.78 is 6.45. The number of carbonyl (C=O) groups is 1. The second-order valence-electron chi connectivity index (χ2n) is 5.10. The fourth-order valence-electron chi connectivity index (χ4n) is 1.79. The number of nitrogens with zero attached hydrogens (tertiary/aromatic N) is 1. The van der Waals surface area contributed by atoms with Gasteiger partial charge in [0.25, 0.3) is 5.91 Å². The molecule has 5 nitrogen and oxygen atoms in total. The number of hydrazone groups is 1. The van der Waals surface area contributed by atoms with Gasteiger partial charge in [0.05, 0.1) is 16.8 Å². The fraction of sp³-hybridized carbons (Fsp3) is 0.176. The molecular formula is C17H17BrN2O3. The summed E-state index contributed by atoms with van der Waals surface area (Å²) >= 11 is 3.44. The number of hydrogen-bond acceptors (Lipinski definition) is 4. The number of carbonyl (C=O) groups excluding carboxylic acids is 1. The maximum absolute atomic E-state index is 11.9. The van der Waals surface area contributed by atoms with E-state index in [0.717, 1.165) is 15.8 Å². The molecule has 0 saturated carbocycles. The predicted octanol–water partition coefficient (Wildman–Crippen LogP) is 3.71. The zero-order chi connectivity index (χ0) is 16.8. The number of amides is 1. The Labute approximate surface area is 143 Å². The molecule has 0 saturated heterocycles. The summed E-state index contributed by atoms with van der Waals surface area (Å²) in [6.45, 7) is 3.92. The molecule has 0 radical (unpaired) electrons. The SMILES string of the molecule is CC(C)Oc1ccc(/C=N\NC(=O)c2ccc(O)cc2)cc1Br. The number of ether oxygens (including phenoxy) is 1. The molecular weight excluding hydrogens is 360 g/mol. The van der Waals surface area contributed by atoms with Gasteiger partial charge >= 0.3 is 0 Å². The molecule has 0 fully saturated rings. The molecule has 2 aromatic carbocycles. The summed E-state index contributed by atoms with van der Waals surface area (Å²) in [6, 6.07) is 11.5. The van der Waals surface area contributed by atoms with E-state index in [-0.39, 0.29) is 17.8 Å². The highest BCUT2D eigenvalue weighted by molar-refractivity contribution is 9.10. The average molecular weight is 377 g/mol. The number of aromatic hydroxyl groups is 1. The van der Waals surface area contributed by atoms with Crippen molar-refractivity contribution in [2.45, 2.75) is 20.0 Å². The number of hydrogen-bond donors (Lipinski definition) is 2. The molecule has 6 heteroatoms. The highest BCUT2D eigenvalue weighted by atomic mass is 79.9.